The van der Waals surface area contributed by atoms with E-state index in [1.165, 1.54) is 24.3 Å². The van der Waals surface area contributed by atoms with Gasteiger partial charge in [0.2, 0.25) is 0 Å². The summed E-state index contributed by atoms with van der Waals surface area (Å²) < 4.78 is 0. The summed E-state index contributed by atoms with van der Waals surface area (Å²) >= 11 is 0. The van der Waals surface area contributed by atoms with E-state index in [-0.39, 0.29) is 22.6 Å². The van der Waals surface area contributed by atoms with Crippen molar-refractivity contribution < 1.29 is 30.0 Å². The fourth-order valence-corrected chi connectivity index (χ4v) is 1.73. The number of hydrogen-bond donors (Lipinski definition) is 6. The van der Waals surface area contributed by atoms with Crippen molar-refractivity contribution in [3.8, 4) is 11.5 Å². The average molecular weight is 334 g/mol. The van der Waals surface area contributed by atoms with E-state index in [9.17, 15) is 14.7 Å². The molecule has 0 heterocycles. The maximum absolute atomic E-state index is 10.5. The molecule has 0 aromatic heterocycles. The molecular formula is C16H18N2O6. The van der Waals surface area contributed by atoms with E-state index in [0.717, 1.165) is 0 Å². The van der Waals surface area contributed by atoms with Crippen molar-refractivity contribution in [2.75, 3.05) is 24.7 Å². The molecule has 0 bridgehead atoms. The van der Waals surface area contributed by atoms with Crippen LogP contribution in [0.2, 0.25) is 0 Å². The number of carbonyl (C=O) groups is 2. The second kappa shape index (κ2) is 8.28. The topological polar surface area (TPSA) is 139 Å². The van der Waals surface area contributed by atoms with Crippen molar-refractivity contribution in [2.24, 2.45) is 0 Å². The van der Waals surface area contributed by atoms with Gasteiger partial charge in [0, 0.05) is 31.5 Å². The zero-order valence-electron chi connectivity index (χ0n) is 13.1. The molecule has 0 radical (unpaired) electrons. The van der Waals surface area contributed by atoms with E-state index in [1.54, 1.807) is 26.2 Å². The number of carboxylic acid groups (broad SMARTS) is 2. The first kappa shape index (κ1) is 18.6. The van der Waals surface area contributed by atoms with Gasteiger partial charge in [0.1, 0.15) is 22.6 Å². The Morgan fingerprint density at radius 2 is 1.25 bits per heavy atom. The van der Waals surface area contributed by atoms with Crippen molar-refractivity contribution in [2.45, 2.75) is 0 Å². The predicted octanol–water partition coefficient (Wildman–Crippen LogP) is 2.26. The Morgan fingerprint density at radius 1 is 0.750 bits per heavy atom. The van der Waals surface area contributed by atoms with Gasteiger partial charge in [-0.2, -0.15) is 0 Å². The van der Waals surface area contributed by atoms with Crippen LogP contribution in [0.25, 0.3) is 0 Å². The lowest BCUT2D eigenvalue weighted by atomic mass is 10.2. The summed E-state index contributed by atoms with van der Waals surface area (Å²) in [7, 11) is 3.37. The zero-order chi connectivity index (χ0) is 18.3. The molecular weight excluding hydrogens is 316 g/mol. The summed E-state index contributed by atoms with van der Waals surface area (Å²) in [4.78, 5) is 20.9. The Hall–Kier alpha value is -3.42. The number of anilines is 2. The highest BCUT2D eigenvalue weighted by molar-refractivity contribution is 5.92. The number of aromatic hydroxyl groups is 2. The van der Waals surface area contributed by atoms with Crippen LogP contribution in [0, 0.1) is 0 Å². The highest BCUT2D eigenvalue weighted by atomic mass is 16.4. The summed E-state index contributed by atoms with van der Waals surface area (Å²) in [6.07, 6.45) is 0. The molecule has 2 aromatic carbocycles. The predicted molar refractivity (Wildman–Crippen MR) is 89.2 cm³/mol. The van der Waals surface area contributed by atoms with Crippen molar-refractivity contribution in [3.05, 3.63) is 47.5 Å². The Labute approximate surface area is 138 Å². The maximum atomic E-state index is 10.5. The first-order chi connectivity index (χ1) is 11.3. The third-order valence-electron chi connectivity index (χ3n) is 3.03. The van der Waals surface area contributed by atoms with Crippen LogP contribution in [0.15, 0.2) is 36.4 Å². The van der Waals surface area contributed by atoms with E-state index in [2.05, 4.69) is 10.6 Å². The normalized spacial score (nSPS) is 9.42. The van der Waals surface area contributed by atoms with E-state index >= 15 is 0 Å². The van der Waals surface area contributed by atoms with Crippen LogP contribution in [0.4, 0.5) is 11.4 Å². The number of benzene rings is 2. The fraction of sp³-hybridized carbons (Fsp3) is 0.125. The summed E-state index contributed by atoms with van der Waals surface area (Å²) in [6, 6.07) is 8.62. The van der Waals surface area contributed by atoms with E-state index < -0.39 is 11.9 Å². The molecule has 0 aliphatic heterocycles. The van der Waals surface area contributed by atoms with Crippen LogP contribution in [0.1, 0.15) is 20.7 Å². The molecule has 0 atom stereocenters. The van der Waals surface area contributed by atoms with Crippen molar-refractivity contribution in [1.82, 2.24) is 0 Å². The number of aromatic carboxylic acids is 2. The van der Waals surface area contributed by atoms with Crippen molar-refractivity contribution in [3.63, 3.8) is 0 Å². The summed E-state index contributed by atoms with van der Waals surface area (Å²) in [5, 5.41) is 41.0. The van der Waals surface area contributed by atoms with Gasteiger partial charge in [0.05, 0.1) is 0 Å². The van der Waals surface area contributed by atoms with Gasteiger partial charge < -0.3 is 31.1 Å². The third-order valence-corrected chi connectivity index (χ3v) is 3.03. The smallest absolute Gasteiger partial charge is 0.339 e. The number of rotatable bonds is 4. The molecule has 0 aliphatic rings. The lowest BCUT2D eigenvalue weighted by Gasteiger charge is -2.02. The Bertz CT molecular complexity index is 745. The van der Waals surface area contributed by atoms with E-state index in [0.29, 0.717) is 11.4 Å². The molecule has 24 heavy (non-hydrogen) atoms. The number of carboxylic acids is 2. The molecule has 0 fully saturated rings. The minimum Gasteiger partial charge on any atom is -0.507 e. The standard InChI is InChI=1S/2C8H9NO3/c1-9-5-2-3-7(10)6(4-5)8(11)12;1-9-5-2-3-6(8(11)12)7(10)4-5/h2*2-4,9-10H,1H3,(H,11,12). The van der Waals surface area contributed by atoms with E-state index in [1.807, 2.05) is 0 Å². The minimum atomic E-state index is -1.13. The second-order valence-electron chi connectivity index (χ2n) is 4.57. The molecule has 0 amide bonds. The average Bonchev–Trinajstić information content (AvgIpc) is 2.55. The van der Waals surface area contributed by atoms with E-state index in [4.69, 9.17) is 15.3 Å². The maximum Gasteiger partial charge on any atom is 0.339 e. The zero-order valence-corrected chi connectivity index (χ0v) is 13.1. The van der Waals surface area contributed by atoms with Crippen LogP contribution >= 0.6 is 0 Å². The molecule has 0 unspecified atom stereocenters. The summed E-state index contributed by atoms with van der Waals surface area (Å²) in [6.45, 7) is 0. The monoisotopic (exact) mass is 334 g/mol. The number of nitrogens with one attached hydrogen (secondary N) is 2. The van der Waals surface area contributed by atoms with Gasteiger partial charge in [0.15, 0.2) is 0 Å². The third kappa shape index (κ3) is 4.80. The highest BCUT2D eigenvalue weighted by Gasteiger charge is 2.09. The van der Waals surface area contributed by atoms with Gasteiger partial charge in [-0.25, -0.2) is 9.59 Å². The SMILES string of the molecule is CNc1ccc(C(=O)O)c(O)c1.CNc1ccc(O)c(C(=O)O)c1. The van der Waals surface area contributed by atoms with Crippen LogP contribution in [0.3, 0.4) is 0 Å². The molecule has 6 N–H and O–H groups in total. The Balaban J connectivity index is 0.000000240. The highest BCUT2D eigenvalue weighted by Crippen LogP contribution is 2.21. The molecule has 2 rings (SSSR count). The lowest BCUT2D eigenvalue weighted by Crippen LogP contribution is -1.98. The Kier molecular flexibility index (Phi) is 6.42. The van der Waals surface area contributed by atoms with Crippen LogP contribution in [-0.2, 0) is 0 Å². The minimum absolute atomic E-state index is 0.0889. The molecule has 0 aliphatic carbocycles. The number of hydrogen-bond acceptors (Lipinski definition) is 6. The van der Waals surface area contributed by atoms with Gasteiger partial charge in [0.25, 0.3) is 0 Å². The molecule has 0 saturated heterocycles. The van der Waals surface area contributed by atoms with Gasteiger partial charge in [-0.05, 0) is 30.3 Å². The summed E-state index contributed by atoms with van der Waals surface area (Å²) in [5.41, 5.74) is 1.15. The first-order valence-corrected chi connectivity index (χ1v) is 6.78. The molecule has 8 heteroatoms. The molecule has 128 valence electrons. The lowest BCUT2D eigenvalue weighted by molar-refractivity contribution is 0.0682. The largest absolute Gasteiger partial charge is 0.507 e. The van der Waals surface area contributed by atoms with Gasteiger partial charge in [-0.3, -0.25) is 0 Å². The fourth-order valence-electron chi connectivity index (χ4n) is 1.73. The van der Waals surface area contributed by atoms with Gasteiger partial charge in [-0.1, -0.05) is 0 Å². The van der Waals surface area contributed by atoms with Gasteiger partial charge in [-0.15, -0.1) is 0 Å². The van der Waals surface area contributed by atoms with Crippen molar-refractivity contribution >= 4 is 23.3 Å². The Morgan fingerprint density at radius 3 is 1.71 bits per heavy atom. The first-order valence-electron chi connectivity index (χ1n) is 6.78. The molecule has 0 spiro atoms. The number of phenols is 2. The van der Waals surface area contributed by atoms with Crippen LogP contribution < -0.4 is 10.6 Å². The molecule has 8 nitrogen and oxygen atoms in total. The molecule has 2 aromatic rings. The second-order valence-corrected chi connectivity index (χ2v) is 4.57. The van der Waals surface area contributed by atoms with Gasteiger partial charge >= 0.3 is 11.9 Å². The quantitative estimate of drug-likeness (QED) is 0.468. The summed E-state index contributed by atoms with van der Waals surface area (Å²) in [5.74, 6) is -2.71. The van der Waals surface area contributed by atoms with Crippen LogP contribution in [0.5, 0.6) is 11.5 Å². The van der Waals surface area contributed by atoms with Crippen LogP contribution in [-0.4, -0.2) is 46.5 Å². The molecule has 0 saturated carbocycles. The van der Waals surface area contributed by atoms with Crippen molar-refractivity contribution in [1.29, 1.82) is 0 Å².